The summed E-state index contributed by atoms with van der Waals surface area (Å²) in [6.45, 7) is 2.20. The van der Waals surface area contributed by atoms with Crippen LogP contribution in [-0.4, -0.2) is 44.5 Å². The van der Waals surface area contributed by atoms with Crippen LogP contribution in [0.25, 0.3) is 0 Å². The van der Waals surface area contributed by atoms with Crippen molar-refractivity contribution in [2.75, 3.05) is 27.7 Å². The van der Waals surface area contributed by atoms with E-state index in [1.54, 1.807) is 14.2 Å². The molecular weight excluding hydrogens is 342 g/mol. The number of rotatable bonds is 8. The minimum absolute atomic E-state index is 0.0387. The average molecular weight is 369 g/mol. The molecule has 6 nitrogen and oxygen atoms in total. The molecule has 2 unspecified atom stereocenters. The molecule has 0 aliphatic heterocycles. The predicted octanol–water partition coefficient (Wildman–Crippen LogP) is 2.29. The Morgan fingerprint density at radius 1 is 1.04 bits per heavy atom. The van der Waals surface area contributed by atoms with Gasteiger partial charge < -0.3 is 15.4 Å². The van der Waals surface area contributed by atoms with E-state index in [1.165, 1.54) is 0 Å². The average Bonchev–Trinajstić information content (AvgIpc) is 2.71. The van der Waals surface area contributed by atoms with E-state index in [0.29, 0.717) is 0 Å². The summed E-state index contributed by atoms with van der Waals surface area (Å²) in [5, 5.41) is 5.43. The van der Waals surface area contributed by atoms with Crippen molar-refractivity contribution in [3.05, 3.63) is 65.7 Å². The minimum Gasteiger partial charge on any atom is -0.497 e. The highest BCUT2D eigenvalue weighted by Gasteiger charge is 2.23. The van der Waals surface area contributed by atoms with Gasteiger partial charge in [-0.2, -0.15) is 0 Å². The fourth-order valence-electron chi connectivity index (χ4n) is 2.80. The van der Waals surface area contributed by atoms with Gasteiger partial charge in [-0.3, -0.25) is 14.5 Å². The normalized spacial score (nSPS) is 12.9. The molecule has 0 aliphatic rings. The van der Waals surface area contributed by atoms with E-state index in [9.17, 15) is 9.59 Å². The number of nitrogens with one attached hydrogen (secondary N) is 2. The van der Waals surface area contributed by atoms with E-state index in [1.807, 2.05) is 73.5 Å². The molecule has 0 spiro atoms. The van der Waals surface area contributed by atoms with E-state index >= 15 is 0 Å². The highest BCUT2D eigenvalue weighted by Crippen LogP contribution is 2.21. The summed E-state index contributed by atoms with van der Waals surface area (Å²) in [6.07, 6.45) is 0. The Hall–Kier alpha value is -2.86. The first-order chi connectivity index (χ1) is 13.0. The third-order valence-corrected chi connectivity index (χ3v) is 4.60. The number of amides is 2. The highest BCUT2D eigenvalue weighted by atomic mass is 16.5. The Balaban J connectivity index is 2.02. The van der Waals surface area contributed by atoms with Crippen LogP contribution in [0.3, 0.4) is 0 Å². The Labute approximate surface area is 160 Å². The maximum absolute atomic E-state index is 12.5. The van der Waals surface area contributed by atoms with Gasteiger partial charge in [-0.15, -0.1) is 0 Å². The zero-order valence-electron chi connectivity index (χ0n) is 16.2. The Morgan fingerprint density at radius 2 is 1.67 bits per heavy atom. The maximum atomic E-state index is 12.5. The number of carbonyl (C=O) groups is 2. The number of hydrogen-bond acceptors (Lipinski definition) is 4. The molecule has 2 rings (SSSR count). The van der Waals surface area contributed by atoms with Gasteiger partial charge in [0, 0.05) is 13.1 Å². The number of hydrogen-bond donors (Lipinski definition) is 2. The van der Waals surface area contributed by atoms with Crippen LogP contribution in [-0.2, 0) is 9.59 Å². The number of benzene rings is 2. The quantitative estimate of drug-likeness (QED) is 0.749. The van der Waals surface area contributed by atoms with Crippen molar-refractivity contribution in [3.63, 3.8) is 0 Å². The van der Waals surface area contributed by atoms with Gasteiger partial charge in [0.15, 0.2) is 0 Å². The molecule has 0 aliphatic carbocycles. The van der Waals surface area contributed by atoms with Crippen LogP contribution in [0.15, 0.2) is 54.6 Å². The summed E-state index contributed by atoms with van der Waals surface area (Å²) in [7, 11) is 5.07. The first-order valence-electron chi connectivity index (χ1n) is 8.86. The summed E-state index contributed by atoms with van der Waals surface area (Å²) in [5.74, 6) is 0.332. The second-order valence-corrected chi connectivity index (χ2v) is 6.39. The Morgan fingerprint density at radius 3 is 2.22 bits per heavy atom. The van der Waals surface area contributed by atoms with Gasteiger partial charge in [0.2, 0.25) is 11.8 Å². The minimum atomic E-state index is -0.714. The fraction of sp³-hybridized carbons (Fsp3) is 0.333. The fourth-order valence-corrected chi connectivity index (χ4v) is 2.80. The lowest BCUT2D eigenvalue weighted by Crippen LogP contribution is -2.43. The van der Waals surface area contributed by atoms with Crippen molar-refractivity contribution in [1.82, 2.24) is 15.5 Å². The van der Waals surface area contributed by atoms with Crippen molar-refractivity contribution in [1.29, 1.82) is 0 Å². The van der Waals surface area contributed by atoms with Crippen molar-refractivity contribution < 1.29 is 14.3 Å². The lowest BCUT2D eigenvalue weighted by molar-refractivity contribution is -0.129. The number of ether oxygens (including phenoxy) is 1. The molecule has 2 aromatic rings. The SMILES string of the molecule is CNC(=O)C(NC(=O)CN(C)C(C)c1ccc(OC)cc1)c1ccccc1. The molecule has 2 amide bonds. The standard InChI is InChI=1S/C21H27N3O3/c1-15(16-10-12-18(27-4)13-11-16)24(3)14-19(25)23-20(21(26)22-2)17-8-6-5-7-9-17/h5-13,15,20H,14H2,1-4H3,(H,22,26)(H,23,25). The Kier molecular flexibility index (Phi) is 7.37. The molecular formula is C21H27N3O3. The van der Waals surface area contributed by atoms with Crippen molar-refractivity contribution >= 4 is 11.8 Å². The predicted molar refractivity (Wildman–Crippen MR) is 105 cm³/mol. The van der Waals surface area contributed by atoms with E-state index < -0.39 is 6.04 Å². The molecule has 2 N–H and O–H groups in total. The molecule has 0 radical (unpaired) electrons. The van der Waals surface area contributed by atoms with E-state index in [-0.39, 0.29) is 24.4 Å². The van der Waals surface area contributed by atoms with Gasteiger partial charge in [0.05, 0.1) is 13.7 Å². The van der Waals surface area contributed by atoms with Crippen LogP contribution in [0.5, 0.6) is 5.75 Å². The van der Waals surface area contributed by atoms with Crippen LogP contribution in [0.2, 0.25) is 0 Å². The molecule has 144 valence electrons. The first kappa shape index (κ1) is 20.5. The molecule has 2 aromatic carbocycles. The van der Waals surface area contributed by atoms with Crippen LogP contribution in [0, 0.1) is 0 Å². The van der Waals surface area contributed by atoms with Crippen molar-refractivity contribution in [2.45, 2.75) is 19.0 Å². The van der Waals surface area contributed by atoms with Crippen LogP contribution < -0.4 is 15.4 Å². The van der Waals surface area contributed by atoms with Crippen molar-refractivity contribution in [2.24, 2.45) is 0 Å². The molecule has 2 atom stereocenters. The summed E-state index contributed by atoms with van der Waals surface area (Å²) in [6, 6.07) is 16.3. The monoisotopic (exact) mass is 369 g/mol. The Bertz CT molecular complexity index is 747. The molecule has 27 heavy (non-hydrogen) atoms. The third-order valence-electron chi connectivity index (χ3n) is 4.60. The zero-order chi connectivity index (χ0) is 19.8. The smallest absolute Gasteiger partial charge is 0.246 e. The van der Waals surface area contributed by atoms with Gasteiger partial charge in [-0.05, 0) is 37.2 Å². The molecule has 0 saturated heterocycles. The molecule has 6 heteroatoms. The summed E-state index contributed by atoms with van der Waals surface area (Å²) in [5.41, 5.74) is 1.83. The third kappa shape index (κ3) is 5.56. The molecule has 0 fully saturated rings. The van der Waals surface area contributed by atoms with E-state index in [0.717, 1.165) is 16.9 Å². The second-order valence-electron chi connectivity index (χ2n) is 6.39. The van der Waals surface area contributed by atoms with Gasteiger partial charge in [0.25, 0.3) is 0 Å². The number of nitrogens with zero attached hydrogens (tertiary/aromatic N) is 1. The summed E-state index contributed by atoms with van der Waals surface area (Å²) in [4.78, 5) is 26.7. The van der Waals surface area contributed by atoms with Gasteiger partial charge in [-0.25, -0.2) is 0 Å². The van der Waals surface area contributed by atoms with Crippen LogP contribution in [0.4, 0.5) is 0 Å². The first-order valence-corrected chi connectivity index (χ1v) is 8.86. The zero-order valence-corrected chi connectivity index (χ0v) is 16.2. The van der Waals surface area contributed by atoms with Crippen LogP contribution >= 0.6 is 0 Å². The van der Waals surface area contributed by atoms with Gasteiger partial charge >= 0.3 is 0 Å². The van der Waals surface area contributed by atoms with E-state index in [4.69, 9.17) is 4.74 Å². The number of carbonyl (C=O) groups excluding carboxylic acids is 2. The molecule has 0 aromatic heterocycles. The lowest BCUT2D eigenvalue weighted by Gasteiger charge is -2.26. The molecule has 0 bridgehead atoms. The second kappa shape index (κ2) is 9.73. The highest BCUT2D eigenvalue weighted by molar-refractivity contribution is 5.89. The van der Waals surface area contributed by atoms with E-state index in [2.05, 4.69) is 10.6 Å². The number of likely N-dealkylation sites (N-methyl/N-ethyl adjacent to an activating group) is 2. The maximum Gasteiger partial charge on any atom is 0.246 e. The van der Waals surface area contributed by atoms with Crippen molar-refractivity contribution in [3.8, 4) is 5.75 Å². The topological polar surface area (TPSA) is 70.7 Å². The molecule has 0 saturated carbocycles. The molecule has 0 heterocycles. The van der Waals surface area contributed by atoms with Gasteiger partial charge in [0.1, 0.15) is 11.8 Å². The summed E-state index contributed by atoms with van der Waals surface area (Å²) >= 11 is 0. The van der Waals surface area contributed by atoms with Gasteiger partial charge in [-0.1, -0.05) is 42.5 Å². The largest absolute Gasteiger partial charge is 0.497 e. The number of methoxy groups -OCH3 is 1. The summed E-state index contributed by atoms with van der Waals surface area (Å²) < 4.78 is 5.18. The van der Waals surface area contributed by atoms with Crippen LogP contribution in [0.1, 0.15) is 30.1 Å². The lowest BCUT2D eigenvalue weighted by atomic mass is 10.1.